The number of halogens is 1. The van der Waals surface area contributed by atoms with Crippen LogP contribution in [0.3, 0.4) is 0 Å². The first kappa shape index (κ1) is 12.6. The zero-order valence-electron chi connectivity index (χ0n) is 9.50. The molecule has 3 N–H and O–H groups in total. The third-order valence-corrected chi connectivity index (χ3v) is 1.96. The van der Waals surface area contributed by atoms with Crippen LogP contribution in [-0.2, 0) is 4.74 Å². The molecule has 0 saturated carbocycles. The first-order valence-corrected chi connectivity index (χ1v) is 5.21. The Labute approximate surface area is 99.7 Å². The minimum atomic E-state index is -0.556. The van der Waals surface area contributed by atoms with E-state index in [9.17, 15) is 4.79 Å². The highest BCUT2D eigenvalue weighted by atomic mass is 35.5. The molecule has 1 rings (SSSR count). The summed E-state index contributed by atoms with van der Waals surface area (Å²) >= 11 is 5.89. The second kappa shape index (κ2) is 4.61. The van der Waals surface area contributed by atoms with Gasteiger partial charge in [0.2, 0.25) is 0 Å². The number of rotatable bonds is 1. The molecular weight excluding hydrogens is 228 g/mol. The van der Waals surface area contributed by atoms with Crippen molar-refractivity contribution in [3.63, 3.8) is 0 Å². The Morgan fingerprint density at radius 3 is 2.62 bits per heavy atom. The lowest BCUT2D eigenvalue weighted by Gasteiger charge is -2.20. The highest BCUT2D eigenvalue weighted by Gasteiger charge is 2.16. The van der Waals surface area contributed by atoms with E-state index in [4.69, 9.17) is 22.1 Å². The van der Waals surface area contributed by atoms with E-state index in [0.717, 1.165) is 0 Å². The van der Waals surface area contributed by atoms with Crippen LogP contribution in [0.4, 0.5) is 16.2 Å². The molecule has 0 aliphatic rings. The molecular formula is C11H15ClN2O2. The molecule has 88 valence electrons. The van der Waals surface area contributed by atoms with Gasteiger partial charge in [0, 0.05) is 5.69 Å². The van der Waals surface area contributed by atoms with Crippen molar-refractivity contribution in [2.75, 3.05) is 11.1 Å². The molecule has 1 aromatic carbocycles. The van der Waals surface area contributed by atoms with Crippen molar-refractivity contribution < 1.29 is 9.53 Å². The molecule has 0 aromatic heterocycles. The predicted octanol–water partition coefficient (Wildman–Crippen LogP) is 3.27. The third kappa shape index (κ3) is 3.98. The Bertz CT molecular complexity index is 399. The quantitative estimate of drug-likeness (QED) is 0.743. The summed E-state index contributed by atoms with van der Waals surface area (Å²) in [5, 5.41) is 2.95. The van der Waals surface area contributed by atoms with Crippen molar-refractivity contribution in [2.45, 2.75) is 26.4 Å². The van der Waals surface area contributed by atoms with Gasteiger partial charge in [0.05, 0.1) is 10.7 Å². The van der Waals surface area contributed by atoms with Crippen LogP contribution in [0.25, 0.3) is 0 Å². The van der Waals surface area contributed by atoms with Crippen molar-refractivity contribution in [3.05, 3.63) is 23.2 Å². The maximum absolute atomic E-state index is 11.5. The van der Waals surface area contributed by atoms with Crippen LogP contribution < -0.4 is 11.1 Å². The summed E-state index contributed by atoms with van der Waals surface area (Å²) < 4.78 is 5.09. The van der Waals surface area contributed by atoms with Gasteiger partial charge in [-0.25, -0.2) is 4.79 Å². The molecule has 0 saturated heterocycles. The predicted molar refractivity (Wildman–Crippen MR) is 65.7 cm³/mol. The van der Waals surface area contributed by atoms with Crippen LogP contribution in [0.5, 0.6) is 0 Å². The first-order valence-electron chi connectivity index (χ1n) is 4.83. The SMILES string of the molecule is CC(C)(C)OC(=O)Nc1cc(N)ccc1Cl. The summed E-state index contributed by atoms with van der Waals surface area (Å²) in [5.74, 6) is 0. The number of carbonyl (C=O) groups is 1. The number of anilines is 2. The fraction of sp³-hybridized carbons (Fsp3) is 0.364. The van der Waals surface area contributed by atoms with E-state index in [1.54, 1.807) is 39.0 Å². The Kier molecular flexibility index (Phi) is 3.65. The standard InChI is InChI=1S/C11H15ClN2O2/c1-11(2,3)16-10(15)14-9-6-7(13)4-5-8(9)12/h4-6H,13H2,1-3H3,(H,14,15). The lowest BCUT2D eigenvalue weighted by molar-refractivity contribution is 0.0636. The average molecular weight is 243 g/mol. The summed E-state index contributed by atoms with van der Waals surface area (Å²) in [4.78, 5) is 11.5. The number of amides is 1. The van der Waals surface area contributed by atoms with Gasteiger partial charge in [0.15, 0.2) is 0 Å². The number of carbonyl (C=O) groups excluding carboxylic acids is 1. The molecule has 0 atom stereocenters. The van der Waals surface area contributed by atoms with Crippen LogP contribution >= 0.6 is 11.6 Å². The number of hydrogen-bond acceptors (Lipinski definition) is 3. The average Bonchev–Trinajstić information content (AvgIpc) is 2.08. The second-order valence-corrected chi connectivity index (χ2v) is 4.77. The zero-order valence-corrected chi connectivity index (χ0v) is 10.3. The van der Waals surface area contributed by atoms with E-state index in [0.29, 0.717) is 16.4 Å². The van der Waals surface area contributed by atoms with E-state index in [-0.39, 0.29) is 0 Å². The van der Waals surface area contributed by atoms with Gasteiger partial charge in [0.25, 0.3) is 0 Å². The first-order chi connectivity index (χ1) is 7.28. The maximum atomic E-state index is 11.5. The molecule has 0 aliphatic carbocycles. The van der Waals surface area contributed by atoms with Gasteiger partial charge in [-0.2, -0.15) is 0 Å². The topological polar surface area (TPSA) is 64.3 Å². The summed E-state index contributed by atoms with van der Waals surface area (Å²) in [6, 6.07) is 4.85. The van der Waals surface area contributed by atoms with Crippen molar-refractivity contribution in [3.8, 4) is 0 Å². The van der Waals surface area contributed by atoms with E-state index in [2.05, 4.69) is 5.32 Å². The zero-order chi connectivity index (χ0) is 12.3. The van der Waals surface area contributed by atoms with Gasteiger partial charge >= 0.3 is 6.09 Å². The monoisotopic (exact) mass is 242 g/mol. The van der Waals surface area contributed by atoms with Crippen LogP contribution in [0.2, 0.25) is 5.02 Å². The Morgan fingerprint density at radius 2 is 2.06 bits per heavy atom. The smallest absolute Gasteiger partial charge is 0.412 e. The summed E-state index contributed by atoms with van der Waals surface area (Å²) in [7, 11) is 0. The molecule has 16 heavy (non-hydrogen) atoms. The van der Waals surface area contributed by atoms with E-state index in [1.807, 2.05) is 0 Å². The van der Waals surface area contributed by atoms with E-state index >= 15 is 0 Å². The third-order valence-electron chi connectivity index (χ3n) is 1.63. The minimum absolute atomic E-state index is 0.417. The molecule has 0 radical (unpaired) electrons. The lowest BCUT2D eigenvalue weighted by Crippen LogP contribution is -2.27. The second-order valence-electron chi connectivity index (χ2n) is 4.37. The molecule has 5 heteroatoms. The van der Waals surface area contributed by atoms with Crippen molar-refractivity contribution in [1.29, 1.82) is 0 Å². The number of benzene rings is 1. The minimum Gasteiger partial charge on any atom is -0.444 e. The van der Waals surface area contributed by atoms with Gasteiger partial charge in [0.1, 0.15) is 5.60 Å². The van der Waals surface area contributed by atoms with Gasteiger partial charge in [-0.3, -0.25) is 5.32 Å². The largest absolute Gasteiger partial charge is 0.444 e. The van der Waals surface area contributed by atoms with Crippen LogP contribution in [0.15, 0.2) is 18.2 Å². The van der Waals surface area contributed by atoms with Gasteiger partial charge < -0.3 is 10.5 Å². The molecule has 1 amide bonds. The Morgan fingerprint density at radius 1 is 1.44 bits per heavy atom. The van der Waals surface area contributed by atoms with Crippen LogP contribution in [-0.4, -0.2) is 11.7 Å². The molecule has 0 aliphatic heterocycles. The van der Waals surface area contributed by atoms with Gasteiger partial charge in [-0.15, -0.1) is 0 Å². The Balaban J connectivity index is 2.73. The number of hydrogen-bond donors (Lipinski definition) is 2. The molecule has 1 aromatic rings. The molecule has 0 fully saturated rings. The summed E-state index contributed by atoms with van der Waals surface area (Å²) in [6.07, 6.45) is -0.556. The van der Waals surface area contributed by atoms with Crippen molar-refractivity contribution in [1.82, 2.24) is 0 Å². The van der Waals surface area contributed by atoms with Crippen molar-refractivity contribution >= 4 is 29.1 Å². The number of nitrogens with two attached hydrogens (primary N) is 1. The highest BCUT2D eigenvalue weighted by molar-refractivity contribution is 6.33. The molecule has 0 bridgehead atoms. The van der Waals surface area contributed by atoms with E-state index < -0.39 is 11.7 Å². The lowest BCUT2D eigenvalue weighted by atomic mass is 10.2. The Hall–Kier alpha value is -1.42. The molecule has 0 unspecified atom stereocenters. The fourth-order valence-electron chi connectivity index (χ4n) is 1.05. The van der Waals surface area contributed by atoms with Gasteiger partial charge in [-0.1, -0.05) is 11.6 Å². The normalized spacial score (nSPS) is 11.0. The fourth-order valence-corrected chi connectivity index (χ4v) is 1.22. The van der Waals surface area contributed by atoms with Crippen molar-refractivity contribution in [2.24, 2.45) is 0 Å². The number of nitrogen functional groups attached to an aromatic ring is 1. The van der Waals surface area contributed by atoms with Gasteiger partial charge in [-0.05, 0) is 39.0 Å². The number of ether oxygens (including phenoxy) is 1. The maximum Gasteiger partial charge on any atom is 0.412 e. The molecule has 0 spiro atoms. The summed E-state index contributed by atoms with van der Waals surface area (Å²) in [6.45, 7) is 5.36. The van der Waals surface area contributed by atoms with Crippen LogP contribution in [0.1, 0.15) is 20.8 Å². The molecule has 4 nitrogen and oxygen atoms in total. The van der Waals surface area contributed by atoms with E-state index in [1.165, 1.54) is 0 Å². The highest BCUT2D eigenvalue weighted by Crippen LogP contribution is 2.24. The summed E-state index contributed by atoms with van der Waals surface area (Å²) in [5.41, 5.74) is 6.00. The molecule has 0 heterocycles. The number of nitrogens with one attached hydrogen (secondary N) is 1. The van der Waals surface area contributed by atoms with Crippen LogP contribution in [0, 0.1) is 0 Å².